The highest BCUT2D eigenvalue weighted by Gasteiger charge is 2.74. The summed E-state index contributed by atoms with van der Waals surface area (Å²) in [6.45, 7) is 1.51. The molecule has 2 saturated heterocycles. The van der Waals surface area contributed by atoms with Crippen LogP contribution in [0.15, 0.2) is 53.4 Å². The fourth-order valence-corrected chi connectivity index (χ4v) is 10.9. The Morgan fingerprint density at radius 2 is 1.49 bits per heavy atom. The highest BCUT2D eigenvalue weighted by Crippen LogP contribution is 2.57. The summed E-state index contributed by atoms with van der Waals surface area (Å²) in [6.07, 6.45) is -13.2. The van der Waals surface area contributed by atoms with Gasteiger partial charge in [0, 0.05) is 17.5 Å². The van der Waals surface area contributed by atoms with Crippen molar-refractivity contribution in [2.45, 2.75) is 72.7 Å². The van der Waals surface area contributed by atoms with E-state index >= 15 is 0 Å². The van der Waals surface area contributed by atoms with Crippen LogP contribution in [0.5, 0.6) is 0 Å². The van der Waals surface area contributed by atoms with Crippen molar-refractivity contribution in [1.29, 1.82) is 0 Å². The lowest BCUT2D eigenvalue weighted by atomic mass is 9.76. The molecule has 5 rings (SSSR count). The average molecular weight is 656 g/mol. The van der Waals surface area contributed by atoms with E-state index in [0.29, 0.717) is 12.1 Å². The summed E-state index contributed by atoms with van der Waals surface area (Å²) >= 11 is 0. The maximum atomic E-state index is 15.0. The summed E-state index contributed by atoms with van der Waals surface area (Å²) in [6, 6.07) is 7.60. The van der Waals surface area contributed by atoms with Gasteiger partial charge < -0.3 is 4.90 Å². The molecule has 0 aromatic heterocycles. The molecule has 2 atom stereocenters. The molecule has 0 bridgehead atoms. The summed E-state index contributed by atoms with van der Waals surface area (Å²) in [4.78, 5) is 15.2. The van der Waals surface area contributed by atoms with Crippen molar-refractivity contribution >= 4 is 25.6 Å². The molecule has 0 unspecified atom stereocenters. The number of halogens is 7. The molecule has 2 aliphatic heterocycles. The van der Waals surface area contributed by atoms with Crippen LogP contribution in [0, 0.1) is 5.41 Å². The van der Waals surface area contributed by atoms with Gasteiger partial charge in [-0.2, -0.15) is 26.3 Å². The van der Waals surface area contributed by atoms with Crippen molar-refractivity contribution in [2.24, 2.45) is 5.41 Å². The van der Waals surface area contributed by atoms with Gasteiger partial charge in [-0.05, 0) is 55.4 Å². The van der Waals surface area contributed by atoms with E-state index in [4.69, 9.17) is 0 Å². The molecule has 2 heterocycles. The predicted molar refractivity (Wildman–Crippen MR) is 141 cm³/mol. The van der Waals surface area contributed by atoms with Crippen LogP contribution < -0.4 is 0 Å². The van der Waals surface area contributed by atoms with E-state index in [1.54, 1.807) is 13.0 Å². The van der Waals surface area contributed by atoms with Crippen molar-refractivity contribution in [3.8, 4) is 0 Å². The van der Waals surface area contributed by atoms with Crippen LogP contribution in [0.3, 0.4) is 0 Å². The van der Waals surface area contributed by atoms with Crippen molar-refractivity contribution in [2.75, 3.05) is 18.1 Å². The van der Waals surface area contributed by atoms with Gasteiger partial charge in [0.2, 0.25) is 5.91 Å². The summed E-state index contributed by atoms with van der Waals surface area (Å²) in [5, 5.41) is 0. The number of alkyl halides is 7. The number of hydrogen-bond donors (Lipinski definition) is 0. The summed E-state index contributed by atoms with van der Waals surface area (Å²) < 4.78 is 147. The smallest absolute Gasteiger partial charge is 0.337 e. The number of benzene rings is 2. The van der Waals surface area contributed by atoms with Gasteiger partial charge >= 0.3 is 18.0 Å². The van der Waals surface area contributed by atoms with Crippen LogP contribution in [0.25, 0.3) is 0 Å². The molecule has 3 aliphatic rings. The van der Waals surface area contributed by atoms with Crippen molar-refractivity contribution in [1.82, 2.24) is 4.90 Å². The van der Waals surface area contributed by atoms with Crippen molar-refractivity contribution < 1.29 is 52.4 Å². The van der Waals surface area contributed by atoms with Gasteiger partial charge in [-0.25, -0.2) is 21.2 Å². The molecule has 1 amide bonds. The minimum atomic E-state index is -6.34. The first kappa shape index (κ1) is 31.7. The third-order valence-electron chi connectivity index (χ3n) is 9.31. The molecule has 2 aromatic carbocycles. The summed E-state index contributed by atoms with van der Waals surface area (Å²) in [7, 11) is -7.78. The zero-order valence-corrected chi connectivity index (χ0v) is 24.4. The van der Waals surface area contributed by atoms with Gasteiger partial charge in [0.05, 0.1) is 22.4 Å². The molecule has 1 aliphatic carbocycles. The first-order valence-electron chi connectivity index (χ1n) is 13.5. The monoisotopic (exact) mass is 655 g/mol. The third kappa shape index (κ3) is 4.67. The Morgan fingerprint density at radius 1 is 0.907 bits per heavy atom. The highest BCUT2D eigenvalue weighted by atomic mass is 32.2. The fourth-order valence-electron chi connectivity index (χ4n) is 6.83. The van der Waals surface area contributed by atoms with Crippen molar-refractivity contribution in [3.63, 3.8) is 0 Å². The molecular weight excluding hydrogens is 627 g/mol. The molecule has 236 valence electrons. The lowest BCUT2D eigenvalue weighted by Crippen LogP contribution is -2.55. The summed E-state index contributed by atoms with van der Waals surface area (Å²) in [5.74, 6) is -0.915. The number of carbonyl (C=O) groups is 1. The second-order valence-electron chi connectivity index (χ2n) is 11.7. The molecular formula is C28H28F7NO5S2. The largest absolute Gasteiger partial charge is 0.435 e. The number of likely N-dealkylation sites (tertiary alicyclic amines) is 1. The number of aryl methyl sites for hydroxylation is 1. The zero-order valence-electron chi connectivity index (χ0n) is 22.8. The van der Waals surface area contributed by atoms with Gasteiger partial charge in [0.1, 0.15) is 14.6 Å². The number of hydrogen-bond acceptors (Lipinski definition) is 5. The minimum absolute atomic E-state index is 0.0171. The lowest BCUT2D eigenvalue weighted by Gasteiger charge is -2.45. The zero-order chi connectivity index (χ0) is 31.9. The van der Waals surface area contributed by atoms with Crippen LogP contribution in [0.1, 0.15) is 49.3 Å². The molecule has 0 spiro atoms. The molecule has 0 N–H and O–H groups in total. The first-order chi connectivity index (χ1) is 19.7. The maximum absolute atomic E-state index is 15.0. The number of amides is 1. The van der Waals surface area contributed by atoms with Gasteiger partial charge in [0.15, 0.2) is 9.84 Å². The van der Waals surface area contributed by atoms with Crippen LogP contribution >= 0.6 is 0 Å². The van der Waals surface area contributed by atoms with Gasteiger partial charge in [-0.15, -0.1) is 0 Å². The van der Waals surface area contributed by atoms with Gasteiger partial charge in [-0.1, -0.05) is 43.3 Å². The van der Waals surface area contributed by atoms with Gasteiger partial charge in [-0.3, -0.25) is 4.79 Å². The first-order valence-corrected chi connectivity index (χ1v) is 16.8. The Labute approximate surface area is 244 Å². The van der Waals surface area contributed by atoms with E-state index in [1.807, 2.05) is 0 Å². The molecule has 43 heavy (non-hydrogen) atoms. The van der Waals surface area contributed by atoms with Crippen LogP contribution in [0.2, 0.25) is 0 Å². The molecule has 2 aromatic rings. The topological polar surface area (TPSA) is 88.6 Å². The third-order valence-corrected chi connectivity index (χ3v) is 13.5. The standard InChI is InChI=1S/C28H28F7NO5S2/c1-24(12-15-42(38,39)16-13-24)23(37)36-14-11-25(43(40,41)20-5-3-2-4-6-20)21-9-8-19(17-18(21)7-10-22(25)36)26(29,27(30,31)32)28(33,34)35/h2-6,8-9,17,22H,7,10-16H2,1H3/t22-,25-/m1/s1. The van der Waals surface area contributed by atoms with E-state index in [9.17, 15) is 52.4 Å². The number of carbonyl (C=O) groups excluding carboxylic acids is 1. The molecule has 0 radical (unpaired) electrons. The van der Waals surface area contributed by atoms with E-state index in [0.717, 1.165) is 6.07 Å². The number of fused-ring (bicyclic) bond motifs is 3. The molecule has 15 heteroatoms. The SMILES string of the molecule is CC1(C(=O)N2CC[C@@]3(S(=O)(=O)c4ccccc4)c4ccc(C(F)(C(F)(F)F)C(F)(F)F)cc4CC[C@@H]23)CCS(=O)(=O)CC1. The Morgan fingerprint density at radius 3 is 2.05 bits per heavy atom. The Kier molecular flexibility index (Phi) is 7.32. The molecule has 0 saturated carbocycles. The highest BCUT2D eigenvalue weighted by molar-refractivity contribution is 7.92. The van der Waals surface area contributed by atoms with E-state index in [1.165, 1.54) is 29.2 Å². The lowest BCUT2D eigenvalue weighted by molar-refractivity contribution is -0.348. The van der Waals surface area contributed by atoms with Crippen LogP contribution in [-0.4, -0.2) is 64.1 Å². The van der Waals surface area contributed by atoms with Crippen LogP contribution in [0.4, 0.5) is 30.7 Å². The van der Waals surface area contributed by atoms with Crippen molar-refractivity contribution in [3.05, 3.63) is 65.2 Å². The normalized spacial score (nSPS) is 25.6. The molecule has 6 nitrogen and oxygen atoms in total. The number of nitrogens with zero attached hydrogens (tertiary/aromatic N) is 1. The number of sulfone groups is 2. The number of rotatable bonds is 4. The van der Waals surface area contributed by atoms with Crippen LogP contribution in [-0.2, 0) is 41.3 Å². The van der Waals surface area contributed by atoms with E-state index in [-0.39, 0.29) is 66.2 Å². The maximum Gasteiger partial charge on any atom is 0.435 e. The summed E-state index contributed by atoms with van der Waals surface area (Å²) in [5.41, 5.74) is -8.79. The molecule has 2 fully saturated rings. The quantitative estimate of drug-likeness (QED) is 0.412. The fraction of sp³-hybridized carbons (Fsp3) is 0.536. The Hall–Kier alpha value is -2.68. The van der Waals surface area contributed by atoms with Gasteiger partial charge in [0.25, 0.3) is 0 Å². The Balaban J connectivity index is 1.66. The second kappa shape index (κ2) is 9.91. The predicted octanol–water partition coefficient (Wildman–Crippen LogP) is 5.41. The van der Waals surface area contributed by atoms with E-state index < -0.39 is 65.4 Å². The second-order valence-corrected chi connectivity index (χ2v) is 16.3. The average Bonchev–Trinajstić information content (AvgIpc) is 3.34. The Bertz CT molecular complexity index is 1630. The minimum Gasteiger partial charge on any atom is -0.337 e. The van der Waals surface area contributed by atoms with E-state index in [2.05, 4.69) is 0 Å².